The van der Waals surface area contributed by atoms with E-state index in [9.17, 15) is 23.1 Å². The third-order valence-electron chi connectivity index (χ3n) is 4.59. The minimum atomic E-state index is -4.51. The average Bonchev–Trinajstić information content (AvgIpc) is 3.35. The Hall–Kier alpha value is -3.17. The van der Waals surface area contributed by atoms with E-state index in [1.165, 1.54) is 30.3 Å². The van der Waals surface area contributed by atoms with Crippen LogP contribution in [0.15, 0.2) is 68.9 Å². The van der Waals surface area contributed by atoms with Gasteiger partial charge < -0.3 is 14.4 Å². The van der Waals surface area contributed by atoms with Gasteiger partial charge in [-0.25, -0.2) is 0 Å². The molecule has 3 aromatic rings. The molecule has 2 heterocycles. The van der Waals surface area contributed by atoms with E-state index in [1.807, 2.05) is 0 Å². The molecule has 0 atom stereocenters. The molecule has 0 saturated heterocycles. The van der Waals surface area contributed by atoms with E-state index in [-0.39, 0.29) is 27.9 Å². The van der Waals surface area contributed by atoms with Crippen LogP contribution >= 0.6 is 23.4 Å². The van der Waals surface area contributed by atoms with Gasteiger partial charge in [0.15, 0.2) is 5.17 Å². The summed E-state index contributed by atoms with van der Waals surface area (Å²) < 4.78 is 44.7. The van der Waals surface area contributed by atoms with E-state index in [0.29, 0.717) is 10.1 Å². The molecule has 164 valence electrons. The van der Waals surface area contributed by atoms with Crippen molar-refractivity contribution in [3.63, 3.8) is 0 Å². The molecule has 1 aliphatic heterocycles. The number of aromatic hydroxyl groups is 1. The fraction of sp³-hybridized carbons (Fsp3) is 0.0909. The van der Waals surface area contributed by atoms with Crippen molar-refractivity contribution in [3.05, 3.63) is 75.8 Å². The Morgan fingerprint density at radius 2 is 1.84 bits per heavy atom. The fourth-order valence-corrected chi connectivity index (χ4v) is 4.01. The van der Waals surface area contributed by atoms with Crippen LogP contribution in [-0.2, 0) is 11.0 Å². The number of carbonyl (C=O) groups is 1. The summed E-state index contributed by atoms with van der Waals surface area (Å²) in [6.45, 7) is 0. The zero-order chi connectivity index (χ0) is 23.0. The molecule has 4 rings (SSSR count). The Morgan fingerprint density at radius 3 is 2.53 bits per heavy atom. The van der Waals surface area contributed by atoms with Crippen LogP contribution in [0, 0.1) is 0 Å². The van der Waals surface area contributed by atoms with Crippen molar-refractivity contribution < 1.29 is 27.5 Å². The fourth-order valence-electron chi connectivity index (χ4n) is 2.92. The Morgan fingerprint density at radius 1 is 1.12 bits per heavy atom. The summed E-state index contributed by atoms with van der Waals surface area (Å²) in [4.78, 5) is 18.4. The number of hydrogen-bond acceptors (Lipinski definition) is 5. The molecule has 0 fully saturated rings. The molecule has 0 saturated carbocycles. The molecule has 0 aliphatic carbocycles. The highest BCUT2D eigenvalue weighted by Crippen LogP contribution is 2.37. The maximum absolute atomic E-state index is 13.0. The number of furan rings is 1. The average molecular weight is 479 g/mol. The molecule has 1 amide bonds. The predicted molar refractivity (Wildman–Crippen MR) is 119 cm³/mol. The van der Waals surface area contributed by atoms with Crippen LogP contribution in [0.1, 0.15) is 11.3 Å². The first-order chi connectivity index (χ1) is 15.1. The molecule has 10 heteroatoms. The van der Waals surface area contributed by atoms with Crippen LogP contribution in [0.25, 0.3) is 17.4 Å². The molecule has 1 aliphatic rings. The number of amidine groups is 1. The van der Waals surface area contributed by atoms with Crippen LogP contribution in [0.2, 0.25) is 5.02 Å². The highest BCUT2D eigenvalue weighted by molar-refractivity contribution is 8.18. The second-order valence-electron chi connectivity index (χ2n) is 6.78. The SMILES string of the molecule is CN(C1=NC(=O)C(=Cc2ccc(-c3cc(C(F)(F)F)ccc3Cl)o2)S1)c1ccc(O)cc1. The van der Waals surface area contributed by atoms with Crippen molar-refractivity contribution >= 4 is 46.2 Å². The van der Waals surface area contributed by atoms with E-state index in [0.717, 1.165) is 35.6 Å². The maximum atomic E-state index is 13.0. The van der Waals surface area contributed by atoms with Gasteiger partial charge in [0.1, 0.15) is 17.3 Å². The molecule has 5 nitrogen and oxygen atoms in total. The van der Waals surface area contributed by atoms with E-state index in [1.54, 1.807) is 24.1 Å². The number of hydrogen-bond donors (Lipinski definition) is 1. The van der Waals surface area contributed by atoms with Crippen LogP contribution < -0.4 is 4.90 Å². The largest absolute Gasteiger partial charge is 0.508 e. The first kappa shape index (κ1) is 22.0. The molecular weight excluding hydrogens is 465 g/mol. The van der Waals surface area contributed by atoms with E-state index in [4.69, 9.17) is 16.0 Å². The number of halogens is 4. The lowest BCUT2D eigenvalue weighted by molar-refractivity contribution is -0.137. The number of aliphatic imine (C=N–C) groups is 1. The third kappa shape index (κ3) is 4.53. The van der Waals surface area contributed by atoms with Crippen molar-refractivity contribution in [1.29, 1.82) is 0 Å². The first-order valence-corrected chi connectivity index (χ1v) is 10.3. The Bertz CT molecular complexity index is 1250. The number of phenolic OH excluding ortho intramolecular Hbond substituents is 1. The van der Waals surface area contributed by atoms with Gasteiger partial charge in [0, 0.05) is 24.4 Å². The van der Waals surface area contributed by atoms with Gasteiger partial charge in [-0.05, 0) is 66.4 Å². The summed E-state index contributed by atoms with van der Waals surface area (Å²) >= 11 is 7.19. The summed E-state index contributed by atoms with van der Waals surface area (Å²) in [5.74, 6) is 0.0683. The van der Waals surface area contributed by atoms with Gasteiger partial charge in [0.05, 0.1) is 15.5 Å². The minimum Gasteiger partial charge on any atom is -0.508 e. The number of carbonyl (C=O) groups excluding carboxylic acids is 1. The third-order valence-corrected chi connectivity index (χ3v) is 5.98. The molecule has 1 N–H and O–H groups in total. The normalized spacial score (nSPS) is 15.3. The zero-order valence-corrected chi connectivity index (χ0v) is 17.9. The second kappa shape index (κ2) is 8.40. The number of nitrogens with zero attached hydrogens (tertiary/aromatic N) is 2. The van der Waals surface area contributed by atoms with Gasteiger partial charge in [-0.2, -0.15) is 18.2 Å². The quantitative estimate of drug-likeness (QED) is 0.439. The molecular formula is C22H14ClF3N2O3S. The second-order valence-corrected chi connectivity index (χ2v) is 8.20. The van der Waals surface area contributed by atoms with E-state index in [2.05, 4.69) is 4.99 Å². The molecule has 0 bridgehead atoms. The van der Waals surface area contributed by atoms with E-state index >= 15 is 0 Å². The van der Waals surface area contributed by atoms with Crippen molar-refractivity contribution in [2.75, 3.05) is 11.9 Å². The van der Waals surface area contributed by atoms with Gasteiger partial charge in [-0.3, -0.25) is 4.79 Å². The predicted octanol–water partition coefficient (Wildman–Crippen LogP) is 6.43. The molecule has 2 aromatic carbocycles. The van der Waals surface area contributed by atoms with Gasteiger partial charge >= 0.3 is 6.18 Å². The number of amides is 1. The summed E-state index contributed by atoms with van der Waals surface area (Å²) in [7, 11) is 1.73. The lowest BCUT2D eigenvalue weighted by Crippen LogP contribution is -2.21. The molecule has 32 heavy (non-hydrogen) atoms. The number of alkyl halides is 3. The van der Waals surface area contributed by atoms with Gasteiger partial charge in [0.2, 0.25) is 0 Å². The standard InChI is InChI=1S/C22H14ClF3N2O3S/c1-28(13-3-5-14(29)6-4-13)21-27-20(30)19(32-21)11-15-7-9-18(31-15)16-10-12(22(24,25)26)2-8-17(16)23/h2-11,29H,1H3. The number of anilines is 1. The van der Waals surface area contributed by atoms with Crippen molar-refractivity contribution in [3.8, 4) is 17.1 Å². The summed E-state index contributed by atoms with van der Waals surface area (Å²) in [5.41, 5.74) is -0.0202. The Labute approximate surface area is 189 Å². The zero-order valence-electron chi connectivity index (χ0n) is 16.4. The minimum absolute atomic E-state index is 0.0977. The number of phenols is 1. The van der Waals surface area contributed by atoms with Gasteiger partial charge in [0.25, 0.3) is 5.91 Å². The summed E-state index contributed by atoms with van der Waals surface area (Å²) in [6, 6.07) is 12.4. The topological polar surface area (TPSA) is 66.0 Å². The van der Waals surface area contributed by atoms with Crippen molar-refractivity contribution in [2.45, 2.75) is 6.18 Å². The lowest BCUT2D eigenvalue weighted by atomic mass is 10.1. The van der Waals surface area contributed by atoms with Crippen LogP contribution in [0.5, 0.6) is 5.75 Å². The number of benzene rings is 2. The maximum Gasteiger partial charge on any atom is 0.416 e. The number of rotatable bonds is 3. The molecule has 1 aromatic heterocycles. The van der Waals surface area contributed by atoms with Crippen molar-refractivity contribution in [1.82, 2.24) is 0 Å². The first-order valence-electron chi connectivity index (χ1n) is 9.14. The monoisotopic (exact) mass is 478 g/mol. The van der Waals surface area contributed by atoms with Crippen molar-refractivity contribution in [2.24, 2.45) is 4.99 Å². The smallest absolute Gasteiger partial charge is 0.416 e. The van der Waals surface area contributed by atoms with E-state index < -0.39 is 17.6 Å². The highest BCUT2D eigenvalue weighted by Gasteiger charge is 2.31. The highest BCUT2D eigenvalue weighted by atomic mass is 35.5. The number of thioether (sulfide) groups is 1. The van der Waals surface area contributed by atoms with Crippen LogP contribution in [0.3, 0.4) is 0 Å². The van der Waals surface area contributed by atoms with Crippen LogP contribution in [0.4, 0.5) is 18.9 Å². The van der Waals surface area contributed by atoms with Gasteiger partial charge in [-0.15, -0.1) is 0 Å². The lowest BCUT2D eigenvalue weighted by Gasteiger charge is -2.17. The van der Waals surface area contributed by atoms with Crippen LogP contribution in [-0.4, -0.2) is 23.2 Å². The molecule has 0 unspecified atom stereocenters. The molecule has 0 radical (unpaired) electrons. The summed E-state index contributed by atoms with van der Waals surface area (Å²) in [6.07, 6.45) is -3.04. The molecule has 0 spiro atoms. The summed E-state index contributed by atoms with van der Waals surface area (Å²) in [5, 5.41) is 9.96. The van der Waals surface area contributed by atoms with Gasteiger partial charge in [-0.1, -0.05) is 11.6 Å². The Balaban J connectivity index is 1.56. The Kier molecular flexibility index (Phi) is 5.79.